The highest BCUT2D eigenvalue weighted by Crippen LogP contribution is 2.35. The minimum absolute atomic E-state index is 0.112. The summed E-state index contributed by atoms with van der Waals surface area (Å²) in [6.07, 6.45) is 3.73. The zero-order chi connectivity index (χ0) is 44.6. The van der Waals surface area contributed by atoms with E-state index in [0.717, 1.165) is 0 Å². The summed E-state index contributed by atoms with van der Waals surface area (Å²) in [7, 11) is 0. The Morgan fingerprint density at radius 2 is 0.730 bits per heavy atom. The van der Waals surface area contributed by atoms with Crippen LogP contribution in [0.1, 0.15) is 19.3 Å². The fourth-order valence-electron chi connectivity index (χ4n) is 6.78. The maximum Gasteiger partial charge on any atom is 0.326 e. The van der Waals surface area contributed by atoms with Crippen LogP contribution in [0, 0.1) is 16.2 Å². The van der Waals surface area contributed by atoms with Gasteiger partial charge in [-0.3, -0.25) is 29.4 Å². The van der Waals surface area contributed by atoms with Crippen LogP contribution < -0.4 is 14.2 Å². The third kappa shape index (κ3) is 9.39. The smallest absolute Gasteiger partial charge is 0.326 e. The normalized spacial score (nSPS) is 27.0. The van der Waals surface area contributed by atoms with E-state index in [1.54, 1.807) is 91.0 Å². The molecule has 6 atom stereocenters. The van der Waals surface area contributed by atoms with E-state index in [1.807, 2.05) is 0 Å². The standard InChI is InChI=1S/C45H36N6O12/c52-25-43(37(55)56)19-16-34(31(22-43)46-28-10-4-1-5-11-28)61-40-49-41(62-35-17-20-44(26-53,38(57)58)23-32(35)47-29-12-6-2-7-13-29)51-42(50-40)63-36-18-21-45(27-54,39(59)60)24-33(36)48-30-14-8-3-9-15-30/h1-21,25-27,34-36H,22-24H2,(H,55,56)(H,57,58)(H,59,60). The van der Waals surface area contributed by atoms with Gasteiger partial charge < -0.3 is 43.9 Å². The van der Waals surface area contributed by atoms with Gasteiger partial charge in [-0.2, -0.15) is 0 Å². The topological polar surface area (TPSA) is 267 Å². The monoisotopic (exact) mass is 852 g/mol. The first-order chi connectivity index (χ1) is 30.4. The van der Waals surface area contributed by atoms with Crippen LogP contribution in [-0.2, 0) is 28.8 Å². The maximum atomic E-state index is 12.3. The van der Waals surface area contributed by atoms with Crippen molar-refractivity contribution in [2.75, 3.05) is 0 Å². The number of carboxylic acids is 3. The van der Waals surface area contributed by atoms with Gasteiger partial charge in [0.15, 0.2) is 18.3 Å². The Kier molecular flexibility index (Phi) is 12.3. The number of carbonyl (C=O) groups excluding carboxylic acids is 3. The summed E-state index contributed by atoms with van der Waals surface area (Å²) < 4.78 is 18.7. The number of hydrogen-bond donors (Lipinski definition) is 3. The molecule has 1 aromatic heterocycles. The number of carbonyl (C=O) groups is 6. The number of para-hydroxylation sites is 3. The number of aldehydes is 3. The number of nitrogens with zero attached hydrogens (tertiary/aromatic N) is 6. The lowest BCUT2D eigenvalue weighted by Crippen LogP contribution is -2.42. The first-order valence-electron chi connectivity index (χ1n) is 19.2. The molecule has 0 amide bonds. The molecule has 0 saturated carbocycles. The van der Waals surface area contributed by atoms with Gasteiger partial charge in [0.1, 0.15) is 35.1 Å². The van der Waals surface area contributed by atoms with Gasteiger partial charge in [0.05, 0.1) is 34.2 Å². The molecule has 18 heteroatoms. The number of aliphatic carboxylic acids is 3. The highest BCUT2D eigenvalue weighted by atomic mass is 16.5. The van der Waals surface area contributed by atoms with E-state index >= 15 is 0 Å². The van der Waals surface area contributed by atoms with Crippen LogP contribution in [0.25, 0.3) is 0 Å². The number of aliphatic imine (C=N–C) groups is 3. The first kappa shape index (κ1) is 42.8. The van der Waals surface area contributed by atoms with Crippen molar-refractivity contribution in [2.24, 2.45) is 31.2 Å². The molecule has 3 N–H and O–H groups in total. The van der Waals surface area contributed by atoms with Crippen LogP contribution in [0.4, 0.5) is 17.1 Å². The largest absolute Gasteiger partial charge is 0.480 e. The second-order valence-corrected chi connectivity index (χ2v) is 14.6. The molecular formula is C45H36N6O12. The van der Waals surface area contributed by atoms with Crippen molar-refractivity contribution in [1.29, 1.82) is 0 Å². The molecule has 318 valence electrons. The van der Waals surface area contributed by atoms with E-state index in [-0.39, 0.29) is 36.4 Å². The lowest BCUT2D eigenvalue weighted by atomic mass is 9.78. The quantitative estimate of drug-likeness (QED) is 0.0796. The van der Waals surface area contributed by atoms with Gasteiger partial charge in [-0.05, 0) is 54.6 Å². The highest BCUT2D eigenvalue weighted by Gasteiger charge is 2.45. The Morgan fingerprint density at radius 1 is 0.476 bits per heavy atom. The zero-order valence-corrected chi connectivity index (χ0v) is 32.9. The van der Waals surface area contributed by atoms with Crippen LogP contribution in [0.5, 0.6) is 18.0 Å². The van der Waals surface area contributed by atoms with Gasteiger partial charge >= 0.3 is 35.9 Å². The van der Waals surface area contributed by atoms with E-state index in [1.165, 1.54) is 36.5 Å². The van der Waals surface area contributed by atoms with Crippen molar-refractivity contribution in [3.63, 3.8) is 0 Å². The molecule has 3 aromatic carbocycles. The summed E-state index contributed by atoms with van der Waals surface area (Å²) in [6.45, 7) is 0. The third-order valence-electron chi connectivity index (χ3n) is 10.3. The first-order valence-corrected chi connectivity index (χ1v) is 19.2. The number of benzene rings is 3. The molecule has 6 unspecified atom stereocenters. The second-order valence-electron chi connectivity index (χ2n) is 14.6. The SMILES string of the molecule is O=CC1(C(=O)O)C=CC(Oc2nc(OC3C=CC(C=O)(C(=O)O)CC3=Nc3ccccc3)nc(OC3C=CC(C=O)(C(=O)O)CC3=Nc3ccccc3)n2)C(=Nc2ccccc2)C1. The van der Waals surface area contributed by atoms with Gasteiger partial charge in [0, 0.05) is 19.3 Å². The number of hydrogen-bond acceptors (Lipinski definition) is 15. The molecule has 0 radical (unpaired) electrons. The minimum Gasteiger partial charge on any atom is -0.480 e. The van der Waals surface area contributed by atoms with Crippen molar-refractivity contribution in [2.45, 2.75) is 37.6 Å². The Labute approximate surface area is 357 Å². The predicted octanol–water partition coefficient (Wildman–Crippen LogP) is 5.12. The molecular weight excluding hydrogens is 817 g/mol. The zero-order valence-electron chi connectivity index (χ0n) is 32.9. The number of rotatable bonds is 15. The Balaban J connectivity index is 1.33. The lowest BCUT2D eigenvalue weighted by Gasteiger charge is -2.30. The summed E-state index contributed by atoms with van der Waals surface area (Å²) in [4.78, 5) is 101. The molecule has 0 bridgehead atoms. The molecule has 4 aromatic rings. The van der Waals surface area contributed by atoms with E-state index in [4.69, 9.17) is 14.2 Å². The van der Waals surface area contributed by atoms with Crippen LogP contribution >= 0.6 is 0 Å². The Morgan fingerprint density at radius 3 is 0.952 bits per heavy atom. The summed E-state index contributed by atoms with van der Waals surface area (Å²) in [5.41, 5.74) is -4.27. The highest BCUT2D eigenvalue weighted by molar-refractivity contribution is 6.07. The number of aromatic nitrogens is 3. The van der Waals surface area contributed by atoms with Crippen molar-refractivity contribution in [3.05, 3.63) is 127 Å². The Hall–Kier alpha value is -8.28. The minimum atomic E-state index is -1.96. The van der Waals surface area contributed by atoms with Crippen molar-refractivity contribution < 1.29 is 58.3 Å². The van der Waals surface area contributed by atoms with Gasteiger partial charge in [-0.1, -0.05) is 72.8 Å². The van der Waals surface area contributed by atoms with Crippen LogP contribution in [0.3, 0.4) is 0 Å². The average Bonchev–Trinajstić information content (AvgIpc) is 3.29. The van der Waals surface area contributed by atoms with Gasteiger partial charge in [-0.25, -0.2) is 0 Å². The fourth-order valence-corrected chi connectivity index (χ4v) is 6.78. The summed E-state index contributed by atoms with van der Waals surface area (Å²) in [5, 5.41) is 30.1. The van der Waals surface area contributed by atoms with Crippen molar-refractivity contribution in [1.82, 2.24) is 15.0 Å². The van der Waals surface area contributed by atoms with Crippen molar-refractivity contribution >= 4 is 71.0 Å². The molecule has 7 rings (SSSR count). The van der Waals surface area contributed by atoms with Crippen molar-refractivity contribution in [3.8, 4) is 18.0 Å². The molecule has 3 aliphatic rings. The van der Waals surface area contributed by atoms with Gasteiger partial charge in [0.25, 0.3) is 0 Å². The molecule has 0 spiro atoms. The molecule has 0 saturated heterocycles. The fraction of sp³-hybridized carbons (Fsp3) is 0.200. The third-order valence-corrected chi connectivity index (χ3v) is 10.3. The summed E-state index contributed by atoms with van der Waals surface area (Å²) in [6, 6.07) is 24.2. The Bertz CT molecular complexity index is 2320. The van der Waals surface area contributed by atoms with Gasteiger partial charge in [0.2, 0.25) is 0 Å². The molecule has 18 nitrogen and oxygen atoms in total. The lowest BCUT2D eigenvalue weighted by molar-refractivity contribution is -0.149. The van der Waals surface area contributed by atoms with Crippen LogP contribution in [-0.4, -0.2) is 102 Å². The molecule has 63 heavy (non-hydrogen) atoms. The second kappa shape index (κ2) is 18.1. The number of ether oxygens (including phenoxy) is 3. The van der Waals surface area contributed by atoms with Crippen LogP contribution in [0.2, 0.25) is 0 Å². The van der Waals surface area contributed by atoms with Crippen LogP contribution in [0.15, 0.2) is 142 Å². The van der Waals surface area contributed by atoms with Gasteiger partial charge in [-0.15, -0.1) is 15.0 Å². The molecule has 0 aliphatic heterocycles. The molecule has 3 aliphatic carbocycles. The number of carboxylic acid groups (broad SMARTS) is 3. The van der Waals surface area contributed by atoms with E-state index in [9.17, 15) is 44.1 Å². The maximum absolute atomic E-state index is 12.3. The van der Waals surface area contributed by atoms with E-state index < -0.39 is 70.5 Å². The summed E-state index contributed by atoms with van der Waals surface area (Å²) in [5.74, 6) is -4.24. The molecule has 1 heterocycles. The van der Waals surface area contributed by atoms with E-state index in [2.05, 4.69) is 29.9 Å². The predicted molar refractivity (Wildman–Crippen MR) is 223 cm³/mol. The molecule has 0 fully saturated rings. The average molecular weight is 853 g/mol. The summed E-state index contributed by atoms with van der Waals surface area (Å²) >= 11 is 0. The van der Waals surface area contributed by atoms with E-state index in [0.29, 0.717) is 35.9 Å².